The number of benzene rings is 3. The van der Waals surface area contributed by atoms with Gasteiger partial charge in [0.05, 0.1) is 22.3 Å². The van der Waals surface area contributed by atoms with Gasteiger partial charge in [0.2, 0.25) is 0 Å². The van der Waals surface area contributed by atoms with Crippen LogP contribution in [0.3, 0.4) is 0 Å². The van der Waals surface area contributed by atoms with Crippen LogP contribution in [0, 0.1) is 5.82 Å². The van der Waals surface area contributed by atoms with Crippen molar-refractivity contribution in [3.63, 3.8) is 0 Å². The van der Waals surface area contributed by atoms with Crippen LogP contribution in [0.15, 0.2) is 79.0 Å². The molecule has 5 nitrogen and oxygen atoms in total. The molecule has 164 valence electrons. The Balaban J connectivity index is 1.41. The molecule has 33 heavy (non-hydrogen) atoms. The van der Waals surface area contributed by atoms with Gasteiger partial charge in [-0.15, -0.1) is 0 Å². The van der Waals surface area contributed by atoms with Gasteiger partial charge in [0.1, 0.15) is 11.6 Å². The van der Waals surface area contributed by atoms with Crippen LogP contribution >= 0.6 is 0 Å². The topological polar surface area (TPSA) is 66.5 Å². The van der Waals surface area contributed by atoms with Gasteiger partial charge in [-0.1, -0.05) is 24.3 Å². The van der Waals surface area contributed by atoms with Crippen LogP contribution in [0.25, 0.3) is 33.7 Å². The van der Waals surface area contributed by atoms with Gasteiger partial charge >= 0.3 is 6.18 Å². The van der Waals surface area contributed by atoms with E-state index in [1.807, 2.05) is 42.5 Å². The number of H-pyrrole nitrogens is 1. The Morgan fingerprint density at radius 2 is 1.64 bits per heavy atom. The molecule has 0 atom stereocenters. The summed E-state index contributed by atoms with van der Waals surface area (Å²) < 4.78 is 52.9. The van der Waals surface area contributed by atoms with Crippen LogP contribution in [0.1, 0.15) is 5.56 Å². The van der Waals surface area contributed by atoms with Crippen molar-refractivity contribution >= 4 is 22.4 Å². The highest BCUT2D eigenvalue weighted by Gasteiger charge is 2.34. The standard InChI is InChI=1S/C24H15F4N5/c25-19-13-22-21(12-18(19)24(26,27)28)31-23(32-22)15-3-1-4-17(11-15)30-16-8-6-14(7-9-16)20-5-2-10-29-33-20/h1-13,30H,(H,31,32). The Bertz CT molecular complexity index is 1430. The normalized spacial score (nSPS) is 11.6. The predicted octanol–water partition coefficient (Wildman–Crippen LogP) is 6.59. The molecule has 0 radical (unpaired) electrons. The van der Waals surface area contributed by atoms with E-state index in [2.05, 4.69) is 25.5 Å². The second kappa shape index (κ2) is 8.01. The third-order valence-electron chi connectivity index (χ3n) is 5.05. The van der Waals surface area contributed by atoms with Crippen molar-refractivity contribution < 1.29 is 17.6 Å². The molecule has 0 bridgehead atoms. The monoisotopic (exact) mass is 449 g/mol. The number of hydrogen-bond acceptors (Lipinski definition) is 4. The first kappa shape index (κ1) is 20.6. The third kappa shape index (κ3) is 4.25. The summed E-state index contributed by atoms with van der Waals surface area (Å²) in [6.07, 6.45) is -3.18. The van der Waals surface area contributed by atoms with E-state index in [0.717, 1.165) is 28.7 Å². The molecule has 0 unspecified atom stereocenters. The van der Waals surface area contributed by atoms with E-state index in [1.54, 1.807) is 24.4 Å². The van der Waals surface area contributed by atoms with Gasteiger partial charge in [-0.2, -0.15) is 23.4 Å². The Morgan fingerprint density at radius 3 is 2.36 bits per heavy atom. The number of rotatable bonds is 4. The summed E-state index contributed by atoms with van der Waals surface area (Å²) in [6, 6.07) is 20.1. The van der Waals surface area contributed by atoms with Crippen LogP contribution in [0.4, 0.5) is 28.9 Å². The Morgan fingerprint density at radius 1 is 0.818 bits per heavy atom. The van der Waals surface area contributed by atoms with Gasteiger partial charge in [-0.3, -0.25) is 0 Å². The van der Waals surface area contributed by atoms with Crippen molar-refractivity contribution in [3.8, 4) is 22.6 Å². The number of imidazole rings is 1. The number of nitrogens with one attached hydrogen (secondary N) is 2. The summed E-state index contributed by atoms with van der Waals surface area (Å²) in [5.41, 5.74) is 2.81. The molecule has 0 amide bonds. The molecule has 0 aliphatic carbocycles. The second-order valence-electron chi connectivity index (χ2n) is 7.32. The molecule has 5 rings (SSSR count). The Kier molecular flexibility index (Phi) is 5.01. The molecule has 0 fully saturated rings. The van der Waals surface area contributed by atoms with Gasteiger partial charge in [0, 0.05) is 34.8 Å². The van der Waals surface area contributed by atoms with Crippen molar-refractivity contribution in [2.45, 2.75) is 6.18 Å². The van der Waals surface area contributed by atoms with Gasteiger partial charge in [-0.05, 0) is 42.5 Å². The SMILES string of the molecule is Fc1cc2[nH]c(-c3cccc(Nc4ccc(-c5cccnn5)cc4)c3)nc2cc1C(F)(F)F. The van der Waals surface area contributed by atoms with E-state index in [0.29, 0.717) is 17.5 Å². The summed E-state index contributed by atoms with van der Waals surface area (Å²) in [5.74, 6) is -1.00. The Labute approximate surface area is 185 Å². The summed E-state index contributed by atoms with van der Waals surface area (Å²) in [6.45, 7) is 0. The lowest BCUT2D eigenvalue weighted by molar-refractivity contribution is -0.139. The minimum absolute atomic E-state index is 0.0386. The quantitative estimate of drug-likeness (QED) is 0.304. The summed E-state index contributed by atoms with van der Waals surface area (Å²) in [7, 11) is 0. The van der Waals surface area contributed by atoms with Crippen LogP contribution in [-0.4, -0.2) is 20.2 Å². The fourth-order valence-electron chi connectivity index (χ4n) is 3.48. The number of fused-ring (bicyclic) bond motifs is 1. The number of halogens is 4. The first-order valence-corrected chi connectivity index (χ1v) is 9.89. The molecular formula is C24H15F4N5. The fraction of sp³-hybridized carbons (Fsp3) is 0.0417. The second-order valence-corrected chi connectivity index (χ2v) is 7.32. The molecular weight excluding hydrogens is 434 g/mol. The molecule has 0 aliphatic rings. The van der Waals surface area contributed by atoms with Crippen LogP contribution in [0.2, 0.25) is 0 Å². The van der Waals surface area contributed by atoms with Crippen LogP contribution in [0.5, 0.6) is 0 Å². The first-order chi connectivity index (χ1) is 15.9. The summed E-state index contributed by atoms with van der Waals surface area (Å²) in [4.78, 5) is 7.12. The first-order valence-electron chi connectivity index (χ1n) is 9.89. The average Bonchev–Trinajstić information content (AvgIpc) is 3.22. The maximum absolute atomic E-state index is 13.9. The lowest BCUT2D eigenvalue weighted by atomic mass is 10.1. The maximum atomic E-state index is 13.9. The van der Waals surface area contributed by atoms with Gasteiger partial charge < -0.3 is 10.3 Å². The van der Waals surface area contributed by atoms with Crippen molar-refractivity contribution in [2.24, 2.45) is 0 Å². The third-order valence-corrected chi connectivity index (χ3v) is 5.05. The highest BCUT2D eigenvalue weighted by molar-refractivity contribution is 5.81. The molecule has 0 aliphatic heterocycles. The van der Waals surface area contributed by atoms with E-state index in [-0.39, 0.29) is 11.0 Å². The van der Waals surface area contributed by atoms with Crippen LogP contribution < -0.4 is 5.32 Å². The van der Waals surface area contributed by atoms with Crippen molar-refractivity contribution in [2.75, 3.05) is 5.32 Å². The number of anilines is 2. The zero-order valence-corrected chi connectivity index (χ0v) is 16.9. The lowest BCUT2D eigenvalue weighted by Crippen LogP contribution is -2.07. The minimum Gasteiger partial charge on any atom is -0.356 e. The molecule has 2 heterocycles. The zero-order valence-electron chi connectivity index (χ0n) is 16.9. The van der Waals surface area contributed by atoms with E-state index < -0.39 is 17.6 Å². The van der Waals surface area contributed by atoms with E-state index in [9.17, 15) is 17.6 Å². The highest BCUT2D eigenvalue weighted by Crippen LogP contribution is 2.34. The summed E-state index contributed by atoms with van der Waals surface area (Å²) in [5, 5.41) is 11.2. The molecule has 3 aromatic carbocycles. The molecule has 5 aromatic rings. The number of hydrogen-bond donors (Lipinski definition) is 2. The van der Waals surface area contributed by atoms with Crippen molar-refractivity contribution in [1.29, 1.82) is 0 Å². The lowest BCUT2D eigenvalue weighted by Gasteiger charge is -2.08. The number of aromatic amines is 1. The number of aromatic nitrogens is 4. The largest absolute Gasteiger partial charge is 0.419 e. The predicted molar refractivity (Wildman–Crippen MR) is 117 cm³/mol. The Hall–Kier alpha value is -4.27. The van der Waals surface area contributed by atoms with E-state index in [1.165, 1.54) is 0 Å². The minimum atomic E-state index is -4.79. The molecule has 2 aromatic heterocycles. The van der Waals surface area contributed by atoms with E-state index in [4.69, 9.17) is 0 Å². The highest BCUT2D eigenvalue weighted by atomic mass is 19.4. The van der Waals surface area contributed by atoms with Gasteiger partial charge in [-0.25, -0.2) is 9.37 Å². The van der Waals surface area contributed by atoms with Crippen molar-refractivity contribution in [1.82, 2.24) is 20.2 Å². The fourth-order valence-corrected chi connectivity index (χ4v) is 3.48. The molecule has 9 heteroatoms. The zero-order chi connectivity index (χ0) is 23.0. The molecule has 0 saturated carbocycles. The molecule has 0 saturated heterocycles. The number of nitrogens with zero attached hydrogens (tertiary/aromatic N) is 3. The molecule has 2 N–H and O–H groups in total. The van der Waals surface area contributed by atoms with Crippen LogP contribution in [-0.2, 0) is 6.18 Å². The van der Waals surface area contributed by atoms with Gasteiger partial charge in [0.15, 0.2) is 0 Å². The number of alkyl halides is 3. The maximum Gasteiger partial charge on any atom is 0.419 e. The summed E-state index contributed by atoms with van der Waals surface area (Å²) >= 11 is 0. The van der Waals surface area contributed by atoms with Gasteiger partial charge in [0.25, 0.3) is 0 Å². The smallest absolute Gasteiger partial charge is 0.356 e. The average molecular weight is 449 g/mol. The van der Waals surface area contributed by atoms with Crippen molar-refractivity contribution in [3.05, 3.63) is 90.4 Å². The van der Waals surface area contributed by atoms with E-state index >= 15 is 0 Å². The molecule has 0 spiro atoms.